The summed E-state index contributed by atoms with van der Waals surface area (Å²) in [6.45, 7) is 36.5. The van der Waals surface area contributed by atoms with E-state index < -0.39 is 18.0 Å². The number of rotatable bonds is 6. The average molecular weight is 1120 g/mol. The molecule has 0 radical (unpaired) electrons. The molecule has 0 atom stereocenters. The SMILES string of the molecule is CCc1ccc2[cH-]c(-c3occ4ccccc34)cc2c1-c1cc(C(C)(C)C)cc(C(C)(C)C)c1.CCc1ccc2[cH-]c(-c3occ4ccccc34)cc2c1-c1cc(C(C)(C)C)cc(C(C)(C)C)c1.C[Si](C)=[Zr]([Cl])[Cl]. The van der Waals surface area contributed by atoms with E-state index in [2.05, 4.69) is 243 Å². The van der Waals surface area contributed by atoms with Gasteiger partial charge in [0, 0.05) is 10.8 Å². The van der Waals surface area contributed by atoms with Crippen molar-refractivity contribution in [3.63, 3.8) is 0 Å². The molecule has 0 amide bonds. The van der Waals surface area contributed by atoms with Crippen LogP contribution in [0.4, 0.5) is 0 Å². The van der Waals surface area contributed by atoms with Crippen LogP contribution < -0.4 is 0 Å². The fourth-order valence-corrected chi connectivity index (χ4v) is 9.89. The van der Waals surface area contributed by atoms with E-state index in [0.29, 0.717) is 0 Å². The first-order valence-electron chi connectivity index (χ1n) is 26.5. The Morgan fingerprint density at radius 2 is 0.770 bits per heavy atom. The van der Waals surface area contributed by atoms with Gasteiger partial charge in [0.15, 0.2) is 0 Å². The molecule has 2 nitrogen and oxygen atoms in total. The normalized spacial score (nSPS) is 12.3. The zero-order valence-electron chi connectivity index (χ0n) is 46.8. The molecule has 0 aliphatic carbocycles. The van der Waals surface area contributed by atoms with Crippen LogP contribution in [-0.4, -0.2) is 5.43 Å². The van der Waals surface area contributed by atoms with Crippen LogP contribution in [0.3, 0.4) is 0 Å². The molecule has 10 rings (SSSR count). The average Bonchev–Trinajstić information content (AvgIpc) is 4.17. The van der Waals surface area contributed by atoms with Crippen molar-refractivity contribution in [2.75, 3.05) is 0 Å². The molecule has 0 aliphatic rings. The monoisotopic (exact) mass is 1110 g/mol. The zero-order chi connectivity index (χ0) is 53.7. The topological polar surface area (TPSA) is 26.3 Å². The van der Waals surface area contributed by atoms with Crippen molar-refractivity contribution in [1.29, 1.82) is 0 Å². The Balaban J connectivity index is 0.000000178. The summed E-state index contributed by atoms with van der Waals surface area (Å²) >= 11 is -1.65. The summed E-state index contributed by atoms with van der Waals surface area (Å²) in [5.41, 5.74) is 16.1. The first kappa shape index (κ1) is 55.5. The summed E-state index contributed by atoms with van der Waals surface area (Å²) in [6.07, 6.45) is 5.73. The van der Waals surface area contributed by atoms with Crippen molar-refractivity contribution in [1.82, 2.24) is 0 Å². The minimum atomic E-state index is -1.65. The number of furan rings is 2. The van der Waals surface area contributed by atoms with Gasteiger partial charge in [-0.05, 0) is 89.8 Å². The van der Waals surface area contributed by atoms with E-state index in [1.165, 1.54) is 88.0 Å². The Bertz CT molecular complexity index is 3360. The molecule has 2 aromatic heterocycles. The molecule has 0 aliphatic heterocycles. The van der Waals surface area contributed by atoms with E-state index in [9.17, 15) is 0 Å². The van der Waals surface area contributed by atoms with Crippen molar-refractivity contribution < 1.29 is 26.8 Å². The van der Waals surface area contributed by atoms with Gasteiger partial charge in [0.05, 0.1) is 24.0 Å². The van der Waals surface area contributed by atoms with Crippen molar-refractivity contribution >= 4 is 65.5 Å². The molecule has 0 fully saturated rings. The van der Waals surface area contributed by atoms with Gasteiger partial charge in [0.25, 0.3) is 0 Å². The van der Waals surface area contributed by atoms with Gasteiger partial charge < -0.3 is 8.83 Å². The molecule has 0 spiro atoms. The van der Waals surface area contributed by atoms with Gasteiger partial charge in [0.1, 0.15) is 0 Å². The van der Waals surface area contributed by atoms with Crippen molar-refractivity contribution in [3.05, 3.63) is 179 Å². The van der Waals surface area contributed by atoms with Crippen LogP contribution in [0, 0.1) is 0 Å². The molecule has 0 N–H and O–H groups in total. The van der Waals surface area contributed by atoms with Gasteiger partial charge in [-0.3, -0.25) is 0 Å². The number of halogens is 2. The van der Waals surface area contributed by atoms with Crippen molar-refractivity contribution in [2.24, 2.45) is 0 Å². The van der Waals surface area contributed by atoms with E-state index in [0.717, 1.165) is 46.3 Å². The molecule has 74 heavy (non-hydrogen) atoms. The van der Waals surface area contributed by atoms with E-state index in [1.807, 2.05) is 12.5 Å². The van der Waals surface area contributed by atoms with Crippen LogP contribution in [0.25, 0.3) is 88.0 Å². The van der Waals surface area contributed by atoms with Crippen molar-refractivity contribution in [3.8, 4) is 44.9 Å². The standard InChI is InChI=1S/2C33H35O.C2H6Si.2ClH.Zr/c2*1-8-21-13-14-22-15-25(31-28-12-10-9-11-23(28)20-34-31)18-29(22)30(21)24-16-26(32(2,3)4)19-27(17-24)33(5,6)7;1-3-2;;;/h2*9-20H,8H2,1-7H3;1-2H3;2*1H;/q2*-1;;;;+2/p-2. The quantitative estimate of drug-likeness (QED) is 0.123. The van der Waals surface area contributed by atoms with Gasteiger partial charge in [0.2, 0.25) is 0 Å². The maximum absolute atomic E-state index is 6.06. The number of hydrogen-bond donors (Lipinski definition) is 0. The Morgan fingerprint density at radius 3 is 1.07 bits per heavy atom. The van der Waals surface area contributed by atoms with Crippen molar-refractivity contribution in [2.45, 2.75) is 145 Å². The summed E-state index contributed by atoms with van der Waals surface area (Å²) in [7, 11) is 11.2. The molecule has 0 saturated heterocycles. The molecule has 10 aromatic rings. The van der Waals surface area contributed by atoms with Gasteiger partial charge in [-0.1, -0.05) is 216 Å². The Morgan fingerprint density at radius 1 is 0.446 bits per heavy atom. The Kier molecular flexibility index (Phi) is 16.3. The second-order valence-electron chi connectivity index (χ2n) is 24.6. The van der Waals surface area contributed by atoms with Crippen LogP contribution >= 0.6 is 17.0 Å². The fourth-order valence-electron chi connectivity index (χ4n) is 9.89. The maximum atomic E-state index is 6.06. The molecule has 2 heterocycles. The van der Waals surface area contributed by atoms with E-state index in [-0.39, 0.29) is 27.1 Å². The predicted octanol–water partition coefficient (Wildman–Crippen LogP) is 21.8. The molecule has 0 saturated carbocycles. The molecular weight excluding hydrogens is 1040 g/mol. The third-order valence-electron chi connectivity index (χ3n) is 14.5. The molecule has 0 unspecified atom stereocenters. The molecule has 6 heteroatoms. The second-order valence-corrected chi connectivity index (χ2v) is 47.5. The number of aryl methyl sites for hydroxylation is 2. The van der Waals surface area contributed by atoms with Crippen LogP contribution in [0.2, 0.25) is 13.1 Å². The predicted molar refractivity (Wildman–Crippen MR) is 323 cm³/mol. The first-order valence-corrected chi connectivity index (χ1v) is 39.0. The summed E-state index contributed by atoms with van der Waals surface area (Å²) in [4.78, 5) is 0. The summed E-state index contributed by atoms with van der Waals surface area (Å²) in [6, 6.07) is 49.6. The van der Waals surface area contributed by atoms with Gasteiger partial charge in [-0.15, -0.1) is 57.9 Å². The minimum absolute atomic E-state index is 0.0839. The van der Waals surface area contributed by atoms with Crippen LogP contribution in [0.5, 0.6) is 0 Å². The Labute approximate surface area is 457 Å². The van der Waals surface area contributed by atoms with Crippen LogP contribution in [0.15, 0.2) is 155 Å². The number of hydrogen-bond acceptors (Lipinski definition) is 2. The molecule has 384 valence electrons. The molecule has 8 aromatic carbocycles. The van der Waals surface area contributed by atoms with E-state index in [4.69, 9.17) is 25.9 Å². The molecule has 0 bridgehead atoms. The summed E-state index contributed by atoms with van der Waals surface area (Å²) < 4.78 is 12.1. The van der Waals surface area contributed by atoms with Crippen LogP contribution in [0.1, 0.15) is 130 Å². The van der Waals surface area contributed by atoms with E-state index >= 15 is 0 Å². The van der Waals surface area contributed by atoms with Crippen LogP contribution in [-0.2, 0) is 52.5 Å². The number of benzene rings is 6. The number of fused-ring (bicyclic) bond motifs is 4. The van der Waals surface area contributed by atoms with Gasteiger partial charge in [-0.25, -0.2) is 0 Å². The fraction of sp³-hybridized carbons (Fsp3) is 0.324. The van der Waals surface area contributed by atoms with Gasteiger partial charge in [-0.2, -0.15) is 0 Å². The van der Waals surface area contributed by atoms with Gasteiger partial charge >= 0.3 is 53.5 Å². The summed E-state index contributed by atoms with van der Waals surface area (Å²) in [5.74, 6) is 1.91. The van der Waals surface area contributed by atoms with E-state index in [1.54, 1.807) is 0 Å². The third-order valence-corrected chi connectivity index (χ3v) is 34.3. The second kappa shape index (κ2) is 21.7. The summed E-state index contributed by atoms with van der Waals surface area (Å²) in [5, 5.41) is 9.76. The molecular formula is C68H76Cl2O2SiZr-2. The Hall–Kier alpha value is -4.70. The zero-order valence-corrected chi connectivity index (χ0v) is 51.8. The first-order chi connectivity index (χ1) is 34.8. The third kappa shape index (κ3) is 12.0.